The van der Waals surface area contributed by atoms with Crippen LogP contribution in [0.15, 0.2) is 0 Å². The summed E-state index contributed by atoms with van der Waals surface area (Å²) in [6.45, 7) is 6.98. The molecule has 0 aromatic rings. The van der Waals surface area contributed by atoms with Gasteiger partial charge in [0, 0.05) is 32.0 Å². The Balaban J connectivity index is 2.11. The Bertz CT molecular complexity index is 213. The van der Waals surface area contributed by atoms with Crippen LogP contribution in [-0.2, 0) is 4.79 Å². The first kappa shape index (κ1) is 14.6. The second kappa shape index (κ2) is 8.61. The Morgan fingerprint density at radius 3 is 2.65 bits per heavy atom. The van der Waals surface area contributed by atoms with Crippen LogP contribution in [0.5, 0.6) is 0 Å². The number of likely N-dealkylation sites (tertiary alicyclic amines) is 1. The van der Waals surface area contributed by atoms with Gasteiger partial charge in [0.05, 0.1) is 6.61 Å². The van der Waals surface area contributed by atoms with Gasteiger partial charge in [-0.05, 0) is 32.4 Å². The van der Waals surface area contributed by atoms with Crippen LogP contribution >= 0.6 is 0 Å². The van der Waals surface area contributed by atoms with Crippen LogP contribution < -0.4 is 5.32 Å². The second-order valence-electron chi connectivity index (χ2n) is 4.81. The monoisotopic (exact) mass is 242 g/mol. The minimum atomic E-state index is 0.202. The van der Waals surface area contributed by atoms with E-state index in [4.69, 9.17) is 5.11 Å². The third-order valence-electron chi connectivity index (χ3n) is 3.43. The van der Waals surface area contributed by atoms with Gasteiger partial charge in [0.25, 0.3) is 0 Å². The van der Waals surface area contributed by atoms with Crippen molar-refractivity contribution < 1.29 is 9.90 Å². The first-order chi connectivity index (χ1) is 8.27. The molecule has 4 heteroatoms. The van der Waals surface area contributed by atoms with Crippen molar-refractivity contribution in [3.63, 3.8) is 0 Å². The number of rotatable bonds is 8. The van der Waals surface area contributed by atoms with Crippen LogP contribution in [0.1, 0.15) is 32.6 Å². The number of piperidine rings is 1. The van der Waals surface area contributed by atoms with E-state index in [1.807, 2.05) is 0 Å². The zero-order chi connectivity index (χ0) is 12.5. The maximum atomic E-state index is 11.7. The summed E-state index contributed by atoms with van der Waals surface area (Å²) in [6.07, 6.45) is 3.78. The van der Waals surface area contributed by atoms with Gasteiger partial charge in [-0.2, -0.15) is 0 Å². The van der Waals surface area contributed by atoms with Gasteiger partial charge in [0.1, 0.15) is 5.78 Å². The highest BCUT2D eigenvalue weighted by Gasteiger charge is 2.23. The number of ketones is 1. The largest absolute Gasteiger partial charge is 0.395 e. The van der Waals surface area contributed by atoms with Gasteiger partial charge in [-0.15, -0.1) is 0 Å². The lowest BCUT2D eigenvalue weighted by Crippen LogP contribution is -2.40. The first-order valence-corrected chi connectivity index (χ1v) is 6.84. The van der Waals surface area contributed by atoms with Gasteiger partial charge >= 0.3 is 0 Å². The molecule has 1 heterocycles. The number of aliphatic hydroxyl groups excluding tert-OH is 1. The number of carbonyl (C=O) groups excluding carboxylic acids is 1. The Kier molecular flexibility index (Phi) is 7.40. The molecule has 0 aliphatic carbocycles. The van der Waals surface area contributed by atoms with E-state index in [-0.39, 0.29) is 6.61 Å². The van der Waals surface area contributed by atoms with E-state index in [1.165, 1.54) is 0 Å². The second-order valence-corrected chi connectivity index (χ2v) is 4.81. The van der Waals surface area contributed by atoms with Crippen molar-refractivity contribution in [3.8, 4) is 0 Å². The zero-order valence-electron chi connectivity index (χ0n) is 11.0. The van der Waals surface area contributed by atoms with Crippen molar-refractivity contribution >= 4 is 5.78 Å². The molecule has 0 amide bonds. The van der Waals surface area contributed by atoms with E-state index in [1.54, 1.807) is 0 Å². The quantitative estimate of drug-likeness (QED) is 0.614. The highest BCUT2D eigenvalue weighted by Crippen LogP contribution is 2.19. The summed E-state index contributed by atoms with van der Waals surface area (Å²) in [4.78, 5) is 14.1. The minimum Gasteiger partial charge on any atom is -0.395 e. The molecule has 100 valence electrons. The molecule has 0 spiro atoms. The normalized spacial score (nSPS) is 18.5. The highest BCUT2D eigenvalue weighted by atomic mass is 16.3. The van der Waals surface area contributed by atoms with E-state index in [2.05, 4.69) is 17.1 Å². The van der Waals surface area contributed by atoms with Gasteiger partial charge in [-0.25, -0.2) is 0 Å². The van der Waals surface area contributed by atoms with Crippen LogP contribution in [0.25, 0.3) is 0 Å². The third kappa shape index (κ3) is 5.61. The van der Waals surface area contributed by atoms with E-state index in [0.29, 0.717) is 18.2 Å². The lowest BCUT2D eigenvalue weighted by Gasteiger charge is -2.31. The molecule has 1 fully saturated rings. The van der Waals surface area contributed by atoms with Crippen molar-refractivity contribution in [2.75, 3.05) is 39.3 Å². The number of nitrogens with zero attached hydrogens (tertiary/aromatic N) is 1. The van der Waals surface area contributed by atoms with Crippen LogP contribution in [0.2, 0.25) is 0 Å². The molecule has 4 nitrogen and oxygen atoms in total. The molecule has 0 unspecified atom stereocenters. The standard InChI is InChI=1S/C13H26N2O2/c1-2-3-13(17)12-4-8-15(9-5-12)10-6-14-7-11-16/h12,14,16H,2-11H2,1H3. The van der Waals surface area contributed by atoms with Crippen molar-refractivity contribution in [1.29, 1.82) is 0 Å². The zero-order valence-corrected chi connectivity index (χ0v) is 11.0. The maximum absolute atomic E-state index is 11.7. The molecule has 0 aromatic heterocycles. The van der Waals surface area contributed by atoms with E-state index in [9.17, 15) is 4.79 Å². The molecule has 1 saturated heterocycles. The van der Waals surface area contributed by atoms with Crippen molar-refractivity contribution in [1.82, 2.24) is 10.2 Å². The summed E-state index contributed by atoms with van der Waals surface area (Å²) in [5, 5.41) is 11.8. The summed E-state index contributed by atoms with van der Waals surface area (Å²) in [5.41, 5.74) is 0. The summed E-state index contributed by atoms with van der Waals surface area (Å²) in [5.74, 6) is 0.780. The average Bonchev–Trinajstić information content (AvgIpc) is 2.36. The lowest BCUT2D eigenvalue weighted by molar-refractivity contribution is -0.124. The SMILES string of the molecule is CCCC(=O)C1CCN(CCNCCO)CC1. The Morgan fingerprint density at radius 2 is 2.06 bits per heavy atom. The van der Waals surface area contributed by atoms with Gasteiger partial charge in [0.15, 0.2) is 0 Å². The summed E-state index contributed by atoms with van der Waals surface area (Å²) in [6, 6.07) is 0. The minimum absolute atomic E-state index is 0.202. The molecule has 1 aliphatic heterocycles. The maximum Gasteiger partial charge on any atom is 0.136 e. The molecular formula is C13H26N2O2. The Hall–Kier alpha value is -0.450. The lowest BCUT2D eigenvalue weighted by atomic mass is 9.90. The van der Waals surface area contributed by atoms with E-state index in [0.717, 1.165) is 51.9 Å². The average molecular weight is 242 g/mol. The number of hydrogen-bond acceptors (Lipinski definition) is 4. The topological polar surface area (TPSA) is 52.6 Å². The van der Waals surface area contributed by atoms with Crippen molar-refractivity contribution in [2.24, 2.45) is 5.92 Å². The molecule has 0 atom stereocenters. The van der Waals surface area contributed by atoms with E-state index >= 15 is 0 Å². The molecule has 0 saturated carbocycles. The van der Waals surface area contributed by atoms with Crippen molar-refractivity contribution in [3.05, 3.63) is 0 Å². The Labute approximate surface area is 104 Å². The predicted molar refractivity (Wildman–Crippen MR) is 69.0 cm³/mol. The third-order valence-corrected chi connectivity index (χ3v) is 3.43. The first-order valence-electron chi connectivity index (χ1n) is 6.84. The number of nitrogens with one attached hydrogen (secondary N) is 1. The highest BCUT2D eigenvalue weighted by molar-refractivity contribution is 5.81. The molecule has 0 bridgehead atoms. The summed E-state index contributed by atoms with van der Waals surface area (Å²) < 4.78 is 0. The fourth-order valence-electron chi connectivity index (χ4n) is 2.37. The molecule has 0 radical (unpaired) electrons. The number of hydrogen-bond donors (Lipinski definition) is 2. The van der Waals surface area contributed by atoms with Gasteiger partial charge < -0.3 is 15.3 Å². The fourth-order valence-corrected chi connectivity index (χ4v) is 2.37. The molecule has 1 rings (SSSR count). The number of aliphatic hydroxyl groups is 1. The van der Waals surface area contributed by atoms with Crippen LogP contribution in [-0.4, -0.2) is 55.1 Å². The van der Waals surface area contributed by atoms with Gasteiger partial charge in [0.2, 0.25) is 0 Å². The smallest absolute Gasteiger partial charge is 0.136 e. The van der Waals surface area contributed by atoms with Crippen LogP contribution in [0.4, 0.5) is 0 Å². The van der Waals surface area contributed by atoms with E-state index < -0.39 is 0 Å². The van der Waals surface area contributed by atoms with Crippen LogP contribution in [0, 0.1) is 5.92 Å². The fraction of sp³-hybridized carbons (Fsp3) is 0.923. The molecule has 0 aromatic carbocycles. The molecule has 1 aliphatic rings. The summed E-state index contributed by atoms with van der Waals surface area (Å²) >= 11 is 0. The Morgan fingerprint density at radius 1 is 1.35 bits per heavy atom. The van der Waals surface area contributed by atoms with Crippen molar-refractivity contribution in [2.45, 2.75) is 32.6 Å². The number of Topliss-reactive ketones (excluding diaryl/α,β-unsaturated/α-hetero) is 1. The summed E-state index contributed by atoms with van der Waals surface area (Å²) in [7, 11) is 0. The predicted octanol–water partition coefficient (Wildman–Crippen LogP) is 0.649. The number of carbonyl (C=O) groups is 1. The molecule has 2 N–H and O–H groups in total. The molecule has 17 heavy (non-hydrogen) atoms. The van der Waals surface area contributed by atoms with Crippen LogP contribution in [0.3, 0.4) is 0 Å². The van der Waals surface area contributed by atoms with Gasteiger partial charge in [-0.3, -0.25) is 4.79 Å². The van der Waals surface area contributed by atoms with Gasteiger partial charge in [-0.1, -0.05) is 6.92 Å². The molecular weight excluding hydrogens is 216 g/mol.